The molecule has 5 nitrogen and oxygen atoms in total. The average Bonchev–Trinajstić information content (AvgIpc) is 2.93. The minimum atomic E-state index is -0.744. The Hall–Kier alpha value is -2.04. The van der Waals surface area contributed by atoms with Gasteiger partial charge in [0.2, 0.25) is 0 Å². The number of aliphatic carboxylic acids is 1. The first-order chi connectivity index (χ1) is 12.6. The molecule has 1 heterocycles. The topological polar surface area (TPSA) is 69.6 Å². The molecule has 1 saturated heterocycles. The fraction of sp³-hybridized carbons (Fsp3) is 0.619. The number of hydrogen-bond donors (Lipinski definition) is 2. The number of piperidine rings is 1. The highest BCUT2D eigenvalue weighted by Gasteiger charge is 2.34. The Morgan fingerprint density at radius 2 is 1.65 bits per heavy atom. The normalized spacial score (nSPS) is 21.0. The maximum absolute atomic E-state index is 12.6. The first-order valence-electron chi connectivity index (χ1n) is 9.92. The molecule has 0 bridgehead atoms. The second-order valence-electron chi connectivity index (χ2n) is 7.82. The molecular weight excluding hydrogens is 328 g/mol. The minimum Gasteiger partial charge on any atom is -0.481 e. The van der Waals surface area contributed by atoms with Crippen molar-refractivity contribution in [1.29, 1.82) is 0 Å². The smallest absolute Gasteiger partial charge is 0.317 e. The lowest BCUT2D eigenvalue weighted by atomic mass is 9.74. The molecule has 0 unspecified atom stereocenters. The molecule has 1 aromatic carbocycles. The van der Waals surface area contributed by atoms with Gasteiger partial charge in [-0.1, -0.05) is 56.0 Å². The van der Waals surface area contributed by atoms with E-state index in [2.05, 4.69) is 29.6 Å². The van der Waals surface area contributed by atoms with E-state index in [1.807, 2.05) is 6.07 Å². The molecule has 0 radical (unpaired) electrons. The van der Waals surface area contributed by atoms with E-state index in [1.54, 1.807) is 4.90 Å². The Balaban J connectivity index is 1.63. The number of carbonyl (C=O) groups is 2. The van der Waals surface area contributed by atoms with Crippen molar-refractivity contribution in [3.8, 4) is 0 Å². The van der Waals surface area contributed by atoms with Crippen molar-refractivity contribution in [3.05, 3.63) is 35.9 Å². The van der Waals surface area contributed by atoms with Crippen molar-refractivity contribution in [2.75, 3.05) is 19.6 Å². The van der Waals surface area contributed by atoms with Crippen LogP contribution in [0.1, 0.15) is 56.9 Å². The zero-order valence-corrected chi connectivity index (χ0v) is 15.5. The van der Waals surface area contributed by atoms with E-state index in [1.165, 1.54) is 31.2 Å². The first kappa shape index (κ1) is 18.7. The molecule has 5 heteroatoms. The molecule has 0 spiro atoms. The van der Waals surface area contributed by atoms with Gasteiger partial charge in [-0.3, -0.25) is 4.79 Å². The summed E-state index contributed by atoms with van der Waals surface area (Å²) in [5.41, 5.74) is 1.35. The van der Waals surface area contributed by atoms with Gasteiger partial charge in [0.25, 0.3) is 0 Å². The van der Waals surface area contributed by atoms with Crippen molar-refractivity contribution in [3.63, 3.8) is 0 Å². The Morgan fingerprint density at radius 1 is 1.04 bits per heavy atom. The molecule has 0 aromatic heterocycles. The highest BCUT2D eigenvalue weighted by molar-refractivity contribution is 5.75. The van der Waals surface area contributed by atoms with Crippen LogP contribution in [-0.4, -0.2) is 41.6 Å². The summed E-state index contributed by atoms with van der Waals surface area (Å²) in [5, 5.41) is 12.3. The molecule has 1 aliphatic heterocycles. The van der Waals surface area contributed by atoms with Gasteiger partial charge in [0.1, 0.15) is 0 Å². The molecule has 142 valence electrons. The highest BCUT2D eigenvalue weighted by Crippen LogP contribution is 2.38. The van der Waals surface area contributed by atoms with E-state index >= 15 is 0 Å². The Bertz CT molecular complexity index is 601. The van der Waals surface area contributed by atoms with E-state index in [0.717, 1.165) is 12.8 Å². The van der Waals surface area contributed by atoms with Gasteiger partial charge >= 0.3 is 12.0 Å². The van der Waals surface area contributed by atoms with Gasteiger partial charge in [0.05, 0.1) is 5.92 Å². The number of urea groups is 1. The summed E-state index contributed by atoms with van der Waals surface area (Å²) in [6, 6.07) is 10.5. The fourth-order valence-electron chi connectivity index (χ4n) is 4.45. The predicted octanol–water partition coefficient (Wildman–Crippen LogP) is 3.78. The molecule has 2 aliphatic rings. The Labute approximate surface area is 155 Å². The van der Waals surface area contributed by atoms with E-state index < -0.39 is 5.97 Å². The van der Waals surface area contributed by atoms with E-state index in [4.69, 9.17) is 5.11 Å². The summed E-state index contributed by atoms with van der Waals surface area (Å²) in [6.45, 7) is 1.72. The van der Waals surface area contributed by atoms with E-state index in [-0.39, 0.29) is 17.4 Å². The SMILES string of the molecule is O=C(O)C1CCN(C(=O)NCC2(c3ccccc3)CCCCCC2)CC1. The lowest BCUT2D eigenvalue weighted by Crippen LogP contribution is -2.49. The lowest BCUT2D eigenvalue weighted by Gasteiger charge is -2.36. The molecule has 0 atom stereocenters. The van der Waals surface area contributed by atoms with Gasteiger partial charge in [0, 0.05) is 25.0 Å². The minimum absolute atomic E-state index is 0.0206. The second-order valence-corrected chi connectivity index (χ2v) is 7.82. The number of nitrogens with one attached hydrogen (secondary N) is 1. The van der Waals surface area contributed by atoms with Gasteiger partial charge in [-0.2, -0.15) is 0 Å². The molecular formula is C21H30N2O3. The van der Waals surface area contributed by atoms with Gasteiger partial charge in [-0.15, -0.1) is 0 Å². The molecule has 26 heavy (non-hydrogen) atoms. The van der Waals surface area contributed by atoms with Crippen molar-refractivity contribution in [2.45, 2.75) is 56.8 Å². The standard InChI is InChI=1S/C21H30N2O3/c24-19(25)17-10-14-23(15-11-17)20(26)22-16-21(12-6-1-2-7-13-21)18-8-4-3-5-9-18/h3-5,8-9,17H,1-2,6-7,10-16H2,(H,22,26)(H,24,25). The van der Waals surface area contributed by atoms with Crippen LogP contribution in [-0.2, 0) is 10.2 Å². The predicted molar refractivity (Wildman–Crippen MR) is 101 cm³/mol. The average molecular weight is 358 g/mol. The Kier molecular flexibility index (Phi) is 6.17. The zero-order valence-electron chi connectivity index (χ0n) is 15.5. The summed E-state index contributed by atoms with van der Waals surface area (Å²) in [7, 11) is 0. The van der Waals surface area contributed by atoms with Crippen molar-refractivity contribution >= 4 is 12.0 Å². The van der Waals surface area contributed by atoms with Gasteiger partial charge in [-0.25, -0.2) is 4.79 Å². The molecule has 2 fully saturated rings. The number of carbonyl (C=O) groups excluding carboxylic acids is 1. The van der Waals surface area contributed by atoms with Crippen LogP contribution in [0.2, 0.25) is 0 Å². The molecule has 1 aromatic rings. The third-order valence-corrected chi connectivity index (χ3v) is 6.16. The van der Waals surface area contributed by atoms with Crippen LogP contribution >= 0.6 is 0 Å². The third kappa shape index (κ3) is 4.37. The molecule has 2 N–H and O–H groups in total. The van der Waals surface area contributed by atoms with Crippen molar-refractivity contribution in [2.24, 2.45) is 5.92 Å². The number of carboxylic acids is 1. The van der Waals surface area contributed by atoms with Gasteiger partial charge in [0.15, 0.2) is 0 Å². The molecule has 1 aliphatic carbocycles. The maximum atomic E-state index is 12.6. The van der Waals surface area contributed by atoms with Gasteiger partial charge < -0.3 is 15.3 Å². The largest absolute Gasteiger partial charge is 0.481 e. The van der Waals surface area contributed by atoms with Crippen molar-refractivity contribution in [1.82, 2.24) is 10.2 Å². The van der Waals surface area contributed by atoms with Crippen LogP contribution < -0.4 is 5.32 Å². The number of likely N-dealkylation sites (tertiary alicyclic amines) is 1. The number of rotatable bonds is 4. The fourth-order valence-corrected chi connectivity index (χ4v) is 4.45. The van der Waals surface area contributed by atoms with Crippen LogP contribution in [0.4, 0.5) is 4.79 Å². The summed E-state index contributed by atoms with van der Waals surface area (Å²) < 4.78 is 0. The summed E-state index contributed by atoms with van der Waals surface area (Å²) in [4.78, 5) is 25.5. The van der Waals surface area contributed by atoms with Crippen LogP contribution in [0.3, 0.4) is 0 Å². The molecule has 3 rings (SSSR count). The molecule has 2 amide bonds. The second kappa shape index (κ2) is 8.56. The monoisotopic (exact) mass is 358 g/mol. The van der Waals surface area contributed by atoms with Crippen molar-refractivity contribution < 1.29 is 14.7 Å². The highest BCUT2D eigenvalue weighted by atomic mass is 16.4. The molecule has 1 saturated carbocycles. The summed E-state index contributed by atoms with van der Waals surface area (Å²) in [6.07, 6.45) is 8.26. The van der Waals surface area contributed by atoms with E-state index in [9.17, 15) is 9.59 Å². The number of carboxylic acid groups (broad SMARTS) is 1. The van der Waals surface area contributed by atoms with Gasteiger partial charge in [-0.05, 0) is 31.2 Å². The third-order valence-electron chi connectivity index (χ3n) is 6.16. The number of amides is 2. The lowest BCUT2D eigenvalue weighted by molar-refractivity contribution is -0.143. The maximum Gasteiger partial charge on any atom is 0.317 e. The van der Waals surface area contributed by atoms with Crippen LogP contribution in [0.25, 0.3) is 0 Å². The summed E-state index contributed by atoms with van der Waals surface area (Å²) in [5.74, 6) is -1.05. The number of nitrogens with zero attached hydrogens (tertiary/aromatic N) is 1. The first-order valence-corrected chi connectivity index (χ1v) is 9.92. The zero-order chi connectivity index (χ0) is 18.4. The quantitative estimate of drug-likeness (QED) is 0.805. The number of hydrogen-bond acceptors (Lipinski definition) is 2. The van der Waals surface area contributed by atoms with Crippen LogP contribution in [0.5, 0.6) is 0 Å². The number of benzene rings is 1. The summed E-state index contributed by atoms with van der Waals surface area (Å²) >= 11 is 0. The van der Waals surface area contributed by atoms with Crippen LogP contribution in [0.15, 0.2) is 30.3 Å². The Morgan fingerprint density at radius 3 is 2.23 bits per heavy atom. The van der Waals surface area contributed by atoms with Crippen LogP contribution in [0, 0.1) is 5.92 Å². The van der Waals surface area contributed by atoms with E-state index in [0.29, 0.717) is 32.5 Å².